The number of carbonyl (C=O) groups is 1. The number of nitrogens with one attached hydrogen (secondary N) is 1. The summed E-state index contributed by atoms with van der Waals surface area (Å²) >= 11 is 1.12. The van der Waals surface area contributed by atoms with Gasteiger partial charge in [-0.15, -0.1) is 11.3 Å². The first-order valence-corrected chi connectivity index (χ1v) is 15.5. The predicted octanol–water partition coefficient (Wildman–Crippen LogP) is 5.98. The fourth-order valence-electron chi connectivity index (χ4n) is 4.69. The van der Waals surface area contributed by atoms with Gasteiger partial charge in [0.05, 0.1) is 57.5 Å². The van der Waals surface area contributed by atoms with Crippen LogP contribution in [0.5, 0.6) is 0 Å². The predicted molar refractivity (Wildman–Crippen MR) is 153 cm³/mol. The molecule has 0 atom stereocenters. The van der Waals surface area contributed by atoms with Crippen molar-refractivity contribution in [2.24, 2.45) is 0 Å². The Bertz CT molecular complexity index is 1710. The molecule has 2 aromatic heterocycles. The molecule has 1 N–H and O–H groups in total. The molecule has 0 saturated carbocycles. The van der Waals surface area contributed by atoms with Crippen LogP contribution in [-0.4, -0.2) is 43.5 Å². The SMILES string of the molecule is Cc1ccc(S(=O)(=O)NC(=O)c2cccs2)c(-c2cnc(COC3CCN(c4ccc(C(F)(F)F)cc4F)CC3)cn2)c1. The van der Waals surface area contributed by atoms with E-state index < -0.39 is 33.5 Å². The Labute approximate surface area is 249 Å². The van der Waals surface area contributed by atoms with E-state index in [1.54, 1.807) is 35.4 Å². The van der Waals surface area contributed by atoms with E-state index in [4.69, 9.17) is 4.74 Å². The number of halogens is 4. The zero-order valence-corrected chi connectivity index (χ0v) is 24.4. The van der Waals surface area contributed by atoms with Crippen LogP contribution >= 0.6 is 11.3 Å². The van der Waals surface area contributed by atoms with Gasteiger partial charge in [-0.25, -0.2) is 17.5 Å². The molecule has 0 unspecified atom stereocenters. The second kappa shape index (κ2) is 12.4. The number of thiophene rings is 1. The van der Waals surface area contributed by atoms with Crippen molar-refractivity contribution in [2.45, 2.75) is 43.5 Å². The van der Waals surface area contributed by atoms with Crippen LogP contribution in [-0.2, 0) is 27.5 Å². The molecule has 0 bridgehead atoms. The van der Waals surface area contributed by atoms with Gasteiger partial charge in [0.1, 0.15) is 5.82 Å². The molecule has 0 radical (unpaired) electrons. The van der Waals surface area contributed by atoms with Crippen molar-refractivity contribution in [2.75, 3.05) is 18.0 Å². The van der Waals surface area contributed by atoms with Gasteiger partial charge in [0, 0.05) is 18.7 Å². The molecule has 43 heavy (non-hydrogen) atoms. The van der Waals surface area contributed by atoms with Crippen molar-refractivity contribution < 1.29 is 35.5 Å². The number of alkyl halides is 3. The average molecular weight is 635 g/mol. The van der Waals surface area contributed by atoms with Gasteiger partial charge in [-0.2, -0.15) is 13.2 Å². The molecule has 1 aliphatic rings. The lowest BCUT2D eigenvalue weighted by atomic mass is 10.1. The van der Waals surface area contributed by atoms with Gasteiger partial charge in [0.15, 0.2) is 0 Å². The highest BCUT2D eigenvalue weighted by molar-refractivity contribution is 7.90. The first kappa shape index (κ1) is 30.6. The van der Waals surface area contributed by atoms with Crippen molar-refractivity contribution >= 4 is 33.0 Å². The normalized spacial score (nSPS) is 14.6. The Morgan fingerprint density at radius 2 is 1.86 bits per heavy atom. The zero-order valence-electron chi connectivity index (χ0n) is 22.8. The van der Waals surface area contributed by atoms with Crippen LogP contribution < -0.4 is 9.62 Å². The van der Waals surface area contributed by atoms with Gasteiger partial charge in [-0.1, -0.05) is 17.7 Å². The lowest BCUT2D eigenvalue weighted by molar-refractivity contribution is -0.137. The van der Waals surface area contributed by atoms with Gasteiger partial charge in [0.2, 0.25) is 0 Å². The van der Waals surface area contributed by atoms with E-state index in [0.29, 0.717) is 43.4 Å². The van der Waals surface area contributed by atoms with Crippen LogP contribution in [0.3, 0.4) is 0 Å². The number of hydrogen-bond donors (Lipinski definition) is 1. The van der Waals surface area contributed by atoms with Crippen LogP contribution in [0.25, 0.3) is 11.3 Å². The monoisotopic (exact) mass is 634 g/mol. The summed E-state index contributed by atoms with van der Waals surface area (Å²) in [4.78, 5) is 23.0. The Kier molecular flexibility index (Phi) is 8.81. The van der Waals surface area contributed by atoms with Crippen LogP contribution in [0.4, 0.5) is 23.2 Å². The molecule has 1 fully saturated rings. The first-order chi connectivity index (χ1) is 20.4. The quantitative estimate of drug-likeness (QED) is 0.238. The number of anilines is 1. The zero-order chi connectivity index (χ0) is 30.8. The summed E-state index contributed by atoms with van der Waals surface area (Å²) in [6.07, 6.45) is -0.797. The number of nitrogens with zero attached hydrogens (tertiary/aromatic N) is 3. The number of hydrogen-bond acceptors (Lipinski definition) is 8. The van der Waals surface area contributed by atoms with E-state index >= 15 is 0 Å². The topological polar surface area (TPSA) is 101 Å². The van der Waals surface area contributed by atoms with Crippen LogP contribution in [0.15, 0.2) is 71.2 Å². The van der Waals surface area contributed by atoms with Crippen molar-refractivity contribution in [1.29, 1.82) is 0 Å². The number of rotatable bonds is 8. The lowest BCUT2D eigenvalue weighted by Crippen LogP contribution is -2.37. The van der Waals surface area contributed by atoms with Crippen molar-refractivity contribution in [3.63, 3.8) is 0 Å². The largest absolute Gasteiger partial charge is 0.416 e. The van der Waals surface area contributed by atoms with Crippen molar-refractivity contribution in [3.05, 3.63) is 93.8 Å². The molecule has 3 heterocycles. The van der Waals surface area contributed by atoms with Gasteiger partial charge in [-0.05, 0) is 61.5 Å². The fraction of sp³-hybridized carbons (Fsp3) is 0.276. The highest BCUT2D eigenvalue weighted by Gasteiger charge is 2.32. The number of carbonyl (C=O) groups excluding carboxylic acids is 1. The minimum atomic E-state index is -4.61. The number of amides is 1. The Hall–Kier alpha value is -3.88. The molecular weight excluding hydrogens is 608 g/mol. The summed E-state index contributed by atoms with van der Waals surface area (Å²) in [5.74, 6) is -1.64. The first-order valence-electron chi connectivity index (χ1n) is 13.2. The fourth-order valence-corrected chi connectivity index (χ4v) is 6.54. The summed E-state index contributed by atoms with van der Waals surface area (Å²) in [7, 11) is -4.21. The lowest BCUT2D eigenvalue weighted by Gasteiger charge is -2.33. The van der Waals surface area contributed by atoms with E-state index in [1.165, 1.54) is 24.5 Å². The van der Waals surface area contributed by atoms with E-state index in [9.17, 15) is 30.8 Å². The molecule has 8 nitrogen and oxygen atoms in total. The van der Waals surface area contributed by atoms with Crippen LogP contribution in [0.1, 0.15) is 39.3 Å². The van der Waals surface area contributed by atoms with Gasteiger partial charge >= 0.3 is 6.18 Å². The molecule has 0 aliphatic carbocycles. The molecule has 1 amide bonds. The smallest absolute Gasteiger partial charge is 0.372 e. The van der Waals surface area contributed by atoms with Gasteiger partial charge in [-0.3, -0.25) is 14.8 Å². The summed E-state index contributed by atoms with van der Waals surface area (Å²) < 4.78 is 87.2. The Morgan fingerprint density at radius 1 is 1.09 bits per heavy atom. The van der Waals surface area contributed by atoms with Crippen LogP contribution in [0, 0.1) is 12.7 Å². The molecule has 226 valence electrons. The molecular formula is C29H26F4N4O4S2. The number of benzene rings is 2. The molecule has 5 rings (SSSR count). The van der Waals surface area contributed by atoms with Crippen molar-refractivity contribution in [3.8, 4) is 11.3 Å². The van der Waals surface area contributed by atoms with E-state index in [-0.39, 0.29) is 33.7 Å². The Morgan fingerprint density at radius 3 is 2.49 bits per heavy atom. The maximum absolute atomic E-state index is 14.4. The summed E-state index contributed by atoms with van der Waals surface area (Å²) in [5.41, 5.74) is 0.965. The number of aryl methyl sites for hydroxylation is 1. The molecule has 14 heteroatoms. The van der Waals surface area contributed by atoms with E-state index in [1.807, 2.05) is 0 Å². The minimum Gasteiger partial charge on any atom is -0.372 e. The summed E-state index contributed by atoms with van der Waals surface area (Å²) in [5, 5.41) is 1.67. The number of ether oxygens (including phenoxy) is 1. The summed E-state index contributed by atoms with van der Waals surface area (Å²) in [6, 6.07) is 10.4. The third-order valence-electron chi connectivity index (χ3n) is 6.90. The maximum atomic E-state index is 14.4. The standard InChI is InChI=1S/C29H26F4N4O4S2/c1-18-4-7-27(43(39,40)36-28(38)26-3-2-12-42-26)22(13-18)24-16-34-20(15-35-24)17-41-21-8-10-37(11-9-21)25-6-5-19(14-23(25)30)29(31,32)33/h2-7,12-16,21H,8-11,17H2,1H3,(H,36,38). The minimum absolute atomic E-state index is 0.113. The average Bonchev–Trinajstić information content (AvgIpc) is 3.51. The second-order valence-electron chi connectivity index (χ2n) is 9.97. The molecule has 1 aliphatic heterocycles. The maximum Gasteiger partial charge on any atom is 0.416 e. The molecule has 1 saturated heterocycles. The van der Waals surface area contributed by atoms with Crippen LogP contribution in [0.2, 0.25) is 0 Å². The highest BCUT2D eigenvalue weighted by atomic mass is 32.2. The third kappa shape index (κ3) is 7.20. The Balaban J connectivity index is 1.20. The molecule has 4 aromatic rings. The molecule has 0 spiro atoms. The number of aromatic nitrogens is 2. The van der Waals surface area contributed by atoms with E-state index in [0.717, 1.165) is 29.0 Å². The van der Waals surface area contributed by atoms with E-state index in [2.05, 4.69) is 14.7 Å². The van der Waals surface area contributed by atoms with Gasteiger partial charge in [0.25, 0.3) is 15.9 Å². The third-order valence-corrected chi connectivity index (χ3v) is 9.16. The number of sulfonamides is 1. The highest BCUT2D eigenvalue weighted by Crippen LogP contribution is 2.33. The second-order valence-corrected chi connectivity index (χ2v) is 12.6. The van der Waals surface area contributed by atoms with Crippen molar-refractivity contribution in [1.82, 2.24) is 14.7 Å². The number of piperidine rings is 1. The molecule has 2 aromatic carbocycles. The summed E-state index contributed by atoms with van der Waals surface area (Å²) in [6.45, 7) is 2.75. The van der Waals surface area contributed by atoms with Gasteiger partial charge < -0.3 is 9.64 Å².